The Labute approximate surface area is 112 Å². The summed E-state index contributed by atoms with van der Waals surface area (Å²) >= 11 is 5.82. The third-order valence-electron chi connectivity index (χ3n) is 2.22. The summed E-state index contributed by atoms with van der Waals surface area (Å²) in [5.74, 6) is 0.0235. The summed E-state index contributed by atoms with van der Waals surface area (Å²) in [6, 6.07) is 5.85. The number of aromatic nitrogens is 1. The molecule has 2 aromatic rings. The molecule has 0 atom stereocenters. The molecule has 0 radical (unpaired) electrons. The van der Waals surface area contributed by atoms with Crippen LogP contribution < -0.4 is 16.2 Å². The Hall–Kier alpha value is -2.54. The molecule has 0 aliphatic carbocycles. The Morgan fingerprint density at radius 1 is 1.32 bits per heavy atom. The Balaban J connectivity index is 2.43. The summed E-state index contributed by atoms with van der Waals surface area (Å²) in [6.45, 7) is 0. The molecule has 0 bridgehead atoms. The maximum absolute atomic E-state index is 10.9. The first-order chi connectivity index (χ1) is 8.97. The first-order valence-corrected chi connectivity index (χ1v) is 5.48. The topological polar surface area (TPSA) is 117 Å². The van der Waals surface area contributed by atoms with Gasteiger partial charge in [-0.15, -0.1) is 0 Å². The number of nitrogens with zero attached hydrogens (tertiary/aromatic N) is 2. The second-order valence-electron chi connectivity index (χ2n) is 3.62. The molecule has 1 aromatic heterocycles. The van der Waals surface area contributed by atoms with Gasteiger partial charge in [-0.2, -0.15) is 0 Å². The van der Waals surface area contributed by atoms with Crippen LogP contribution in [0.4, 0.5) is 17.2 Å². The predicted molar refractivity (Wildman–Crippen MR) is 71.2 cm³/mol. The molecule has 0 aliphatic rings. The summed E-state index contributed by atoms with van der Waals surface area (Å²) in [6.07, 6.45) is 1.31. The average Bonchev–Trinajstić information content (AvgIpc) is 2.26. The Kier molecular flexibility index (Phi) is 3.39. The zero-order valence-corrected chi connectivity index (χ0v) is 10.3. The number of rotatable bonds is 3. The fourth-order valence-electron chi connectivity index (χ4n) is 1.49. The van der Waals surface area contributed by atoms with Crippen LogP contribution >= 0.6 is 11.6 Å². The molecule has 1 heterocycles. The van der Waals surface area contributed by atoms with Crippen molar-refractivity contribution in [2.45, 2.75) is 0 Å². The molecule has 0 saturated heterocycles. The van der Waals surface area contributed by atoms with Gasteiger partial charge in [0.05, 0.1) is 4.92 Å². The van der Waals surface area contributed by atoms with Gasteiger partial charge in [-0.1, -0.05) is 11.6 Å². The Bertz CT molecular complexity index is 628. The van der Waals surface area contributed by atoms with Crippen LogP contribution in [0, 0.1) is 10.1 Å². The van der Waals surface area contributed by atoms with Gasteiger partial charge in [-0.25, -0.2) is 4.98 Å². The van der Waals surface area contributed by atoms with E-state index in [9.17, 15) is 10.1 Å². The summed E-state index contributed by atoms with van der Waals surface area (Å²) in [4.78, 5) is 13.9. The van der Waals surface area contributed by atoms with E-state index < -0.39 is 10.6 Å². The van der Waals surface area contributed by atoms with E-state index in [0.717, 1.165) is 0 Å². The highest BCUT2D eigenvalue weighted by atomic mass is 35.5. The lowest BCUT2D eigenvalue weighted by molar-refractivity contribution is -0.384. The maximum atomic E-state index is 10.9. The molecule has 1 aromatic carbocycles. The third kappa shape index (κ3) is 2.83. The molecule has 0 spiro atoms. The van der Waals surface area contributed by atoms with Gasteiger partial charge >= 0.3 is 5.69 Å². The number of nitro groups is 1. The van der Waals surface area contributed by atoms with Crippen molar-refractivity contribution in [1.82, 2.24) is 4.98 Å². The summed E-state index contributed by atoms with van der Waals surface area (Å²) in [5.41, 5.74) is 11.0. The number of benzene rings is 1. The molecule has 4 N–H and O–H groups in total. The van der Waals surface area contributed by atoms with Gasteiger partial charge in [0, 0.05) is 29.0 Å². The van der Waals surface area contributed by atoms with Crippen LogP contribution in [0.2, 0.25) is 5.02 Å². The van der Waals surface area contributed by atoms with Crippen LogP contribution in [-0.4, -0.2) is 9.91 Å². The Morgan fingerprint density at radius 2 is 2.05 bits per heavy atom. The number of hydrogen-bond acceptors (Lipinski definition) is 6. The molecular weight excluding hydrogens is 272 g/mol. The highest BCUT2D eigenvalue weighted by Crippen LogP contribution is 2.35. The lowest BCUT2D eigenvalue weighted by Gasteiger charge is -2.08. The molecule has 0 fully saturated rings. The number of halogens is 1. The third-order valence-corrected chi connectivity index (χ3v) is 2.44. The van der Waals surface area contributed by atoms with Gasteiger partial charge in [-0.3, -0.25) is 10.1 Å². The van der Waals surface area contributed by atoms with E-state index in [2.05, 4.69) is 4.98 Å². The molecular formula is C11H9ClN4O3. The molecule has 2 rings (SSSR count). The van der Waals surface area contributed by atoms with Gasteiger partial charge in [0.25, 0.3) is 0 Å². The van der Waals surface area contributed by atoms with Crippen molar-refractivity contribution in [3.63, 3.8) is 0 Å². The van der Waals surface area contributed by atoms with Crippen LogP contribution in [-0.2, 0) is 0 Å². The monoisotopic (exact) mass is 280 g/mol. The van der Waals surface area contributed by atoms with Crippen molar-refractivity contribution in [3.8, 4) is 11.5 Å². The quantitative estimate of drug-likeness (QED) is 0.507. The van der Waals surface area contributed by atoms with Gasteiger partial charge in [0.15, 0.2) is 0 Å². The van der Waals surface area contributed by atoms with Crippen molar-refractivity contribution >= 4 is 28.8 Å². The number of ether oxygens (including phenoxy) is 1. The molecule has 7 nitrogen and oxygen atoms in total. The fraction of sp³-hybridized carbons (Fsp3) is 0. The highest BCUT2D eigenvalue weighted by molar-refractivity contribution is 6.31. The fourth-order valence-corrected chi connectivity index (χ4v) is 1.72. The van der Waals surface area contributed by atoms with Gasteiger partial charge in [0.2, 0.25) is 11.6 Å². The molecule has 0 aliphatic heterocycles. The van der Waals surface area contributed by atoms with E-state index >= 15 is 0 Å². The van der Waals surface area contributed by atoms with Crippen molar-refractivity contribution in [2.75, 3.05) is 11.5 Å². The van der Waals surface area contributed by atoms with E-state index in [1.165, 1.54) is 30.5 Å². The smallest absolute Gasteiger partial charge is 0.353 e. The lowest BCUT2D eigenvalue weighted by Crippen LogP contribution is -2.00. The Morgan fingerprint density at radius 3 is 2.68 bits per heavy atom. The van der Waals surface area contributed by atoms with E-state index in [-0.39, 0.29) is 17.3 Å². The summed E-state index contributed by atoms with van der Waals surface area (Å²) in [7, 11) is 0. The van der Waals surface area contributed by atoms with E-state index in [0.29, 0.717) is 10.7 Å². The van der Waals surface area contributed by atoms with Crippen LogP contribution in [0.15, 0.2) is 30.5 Å². The van der Waals surface area contributed by atoms with Crippen LogP contribution in [0.3, 0.4) is 0 Å². The van der Waals surface area contributed by atoms with E-state index in [1.807, 2.05) is 0 Å². The summed E-state index contributed by atoms with van der Waals surface area (Å²) < 4.78 is 5.39. The molecule has 0 amide bonds. The second-order valence-corrected chi connectivity index (χ2v) is 4.06. The van der Waals surface area contributed by atoms with Crippen molar-refractivity contribution < 1.29 is 9.66 Å². The van der Waals surface area contributed by atoms with Crippen LogP contribution in [0.1, 0.15) is 0 Å². The molecule has 98 valence electrons. The van der Waals surface area contributed by atoms with E-state index in [4.69, 9.17) is 27.8 Å². The largest absolute Gasteiger partial charge is 0.450 e. The minimum atomic E-state index is -0.661. The number of hydrogen-bond donors (Lipinski definition) is 2. The zero-order chi connectivity index (χ0) is 14.0. The first-order valence-electron chi connectivity index (χ1n) is 5.10. The van der Waals surface area contributed by atoms with Crippen molar-refractivity contribution in [3.05, 3.63) is 45.6 Å². The maximum Gasteiger partial charge on any atom is 0.353 e. The minimum absolute atomic E-state index is 0.0285. The average molecular weight is 281 g/mol. The van der Waals surface area contributed by atoms with Crippen LogP contribution in [0.5, 0.6) is 11.5 Å². The highest BCUT2D eigenvalue weighted by Gasteiger charge is 2.21. The first kappa shape index (κ1) is 12.9. The summed E-state index contributed by atoms with van der Waals surface area (Å²) in [5, 5.41) is 11.3. The van der Waals surface area contributed by atoms with Gasteiger partial charge < -0.3 is 16.2 Å². The van der Waals surface area contributed by atoms with Crippen LogP contribution in [0.25, 0.3) is 0 Å². The second kappa shape index (κ2) is 4.99. The number of pyridine rings is 1. The lowest BCUT2D eigenvalue weighted by atomic mass is 10.3. The zero-order valence-electron chi connectivity index (χ0n) is 9.54. The number of nitrogens with two attached hydrogens (primary N) is 2. The number of anilines is 2. The van der Waals surface area contributed by atoms with Crippen molar-refractivity contribution in [1.29, 1.82) is 0 Å². The van der Waals surface area contributed by atoms with Gasteiger partial charge in [-0.05, 0) is 12.1 Å². The van der Waals surface area contributed by atoms with Gasteiger partial charge in [0.1, 0.15) is 5.75 Å². The molecule has 0 saturated carbocycles. The standard InChI is InChI=1S/C11H9ClN4O3/c12-6-3-7(13)5-8(4-6)19-9-1-2-15-11(14)10(9)16(17)18/h1-5H,13H2,(H2,14,15). The SMILES string of the molecule is Nc1cc(Cl)cc(Oc2ccnc(N)c2[N+](=O)[O-])c1. The molecule has 0 unspecified atom stereocenters. The molecule has 19 heavy (non-hydrogen) atoms. The normalized spacial score (nSPS) is 10.2. The molecule has 8 heteroatoms. The van der Waals surface area contributed by atoms with Crippen molar-refractivity contribution in [2.24, 2.45) is 0 Å². The number of nitrogen functional groups attached to an aromatic ring is 2. The minimum Gasteiger partial charge on any atom is -0.450 e. The van der Waals surface area contributed by atoms with E-state index in [1.54, 1.807) is 0 Å². The predicted octanol–water partition coefficient (Wildman–Crippen LogP) is 2.60.